The first-order valence-electron chi connectivity index (χ1n) is 8.04. The summed E-state index contributed by atoms with van der Waals surface area (Å²) in [5.41, 5.74) is 0.980. The Morgan fingerprint density at radius 2 is 1.79 bits per heavy atom. The lowest BCUT2D eigenvalue weighted by molar-refractivity contribution is -0.126. The molecule has 1 saturated heterocycles. The second-order valence-electron chi connectivity index (χ2n) is 5.87. The van der Waals surface area contributed by atoms with Gasteiger partial charge >= 0.3 is 0 Å². The van der Waals surface area contributed by atoms with Crippen molar-refractivity contribution in [3.8, 4) is 11.5 Å². The summed E-state index contributed by atoms with van der Waals surface area (Å²) in [6.45, 7) is 1.92. The molecule has 0 aromatic heterocycles. The zero-order chi connectivity index (χ0) is 16.9. The van der Waals surface area contributed by atoms with Gasteiger partial charge in [-0.1, -0.05) is 30.3 Å². The Bertz CT molecular complexity index is 713. The van der Waals surface area contributed by atoms with Crippen LogP contribution in [0.15, 0.2) is 54.6 Å². The highest BCUT2D eigenvalue weighted by Crippen LogP contribution is 2.23. The number of hydrogen-bond acceptors (Lipinski definition) is 3. The third-order valence-corrected chi connectivity index (χ3v) is 4.03. The van der Waals surface area contributed by atoms with Gasteiger partial charge in [0.2, 0.25) is 11.8 Å². The standard InChI is InChI=1S/C19H20N2O3/c1-13(20-19(23)17-11-12-18(22)21-17)14-7-9-16(10-8-14)24-15-5-3-2-4-6-15/h2-10,13,17H,11-12H2,1H3,(H,20,23)(H,21,22). The number of para-hydroxylation sites is 1. The smallest absolute Gasteiger partial charge is 0.243 e. The molecule has 0 spiro atoms. The van der Waals surface area contributed by atoms with Gasteiger partial charge in [-0.05, 0) is 43.2 Å². The SMILES string of the molecule is CC(NC(=O)C1CCC(=O)N1)c1ccc(Oc2ccccc2)cc1. The van der Waals surface area contributed by atoms with E-state index in [1.54, 1.807) is 0 Å². The lowest BCUT2D eigenvalue weighted by Crippen LogP contribution is -2.42. The van der Waals surface area contributed by atoms with E-state index in [-0.39, 0.29) is 17.9 Å². The molecule has 1 fully saturated rings. The van der Waals surface area contributed by atoms with Gasteiger partial charge in [0.05, 0.1) is 6.04 Å². The Balaban J connectivity index is 1.58. The predicted octanol–water partition coefficient (Wildman–Crippen LogP) is 2.93. The molecular formula is C19H20N2O3. The first-order valence-corrected chi connectivity index (χ1v) is 8.04. The Labute approximate surface area is 141 Å². The number of carbonyl (C=O) groups is 2. The van der Waals surface area contributed by atoms with Gasteiger partial charge in [-0.25, -0.2) is 0 Å². The summed E-state index contributed by atoms with van der Waals surface area (Å²) in [4.78, 5) is 23.3. The summed E-state index contributed by atoms with van der Waals surface area (Å²) < 4.78 is 5.75. The molecule has 0 aliphatic carbocycles. The Morgan fingerprint density at radius 3 is 2.42 bits per heavy atom. The van der Waals surface area contributed by atoms with Crippen LogP contribution in [0.2, 0.25) is 0 Å². The molecular weight excluding hydrogens is 304 g/mol. The van der Waals surface area contributed by atoms with E-state index < -0.39 is 6.04 Å². The molecule has 5 heteroatoms. The Morgan fingerprint density at radius 1 is 1.12 bits per heavy atom. The quantitative estimate of drug-likeness (QED) is 0.888. The molecule has 1 heterocycles. The number of rotatable bonds is 5. The average molecular weight is 324 g/mol. The van der Waals surface area contributed by atoms with Crippen molar-refractivity contribution in [3.05, 3.63) is 60.2 Å². The van der Waals surface area contributed by atoms with Gasteiger partial charge in [0, 0.05) is 6.42 Å². The number of carbonyl (C=O) groups excluding carboxylic acids is 2. The van der Waals surface area contributed by atoms with E-state index in [4.69, 9.17) is 4.74 Å². The van der Waals surface area contributed by atoms with E-state index in [0.29, 0.717) is 12.8 Å². The molecule has 2 aromatic rings. The van der Waals surface area contributed by atoms with Gasteiger partial charge in [-0.3, -0.25) is 9.59 Å². The minimum atomic E-state index is -0.416. The molecule has 24 heavy (non-hydrogen) atoms. The van der Waals surface area contributed by atoms with E-state index in [9.17, 15) is 9.59 Å². The van der Waals surface area contributed by atoms with Gasteiger partial charge in [0.15, 0.2) is 0 Å². The van der Waals surface area contributed by atoms with E-state index in [1.807, 2.05) is 61.5 Å². The average Bonchev–Trinajstić information content (AvgIpc) is 3.03. The molecule has 0 radical (unpaired) electrons. The van der Waals surface area contributed by atoms with Gasteiger partial charge in [0.1, 0.15) is 17.5 Å². The highest BCUT2D eigenvalue weighted by Gasteiger charge is 2.27. The maximum atomic E-state index is 12.1. The molecule has 2 atom stereocenters. The predicted molar refractivity (Wildman–Crippen MR) is 90.7 cm³/mol. The van der Waals surface area contributed by atoms with Crippen molar-refractivity contribution in [3.63, 3.8) is 0 Å². The maximum Gasteiger partial charge on any atom is 0.243 e. The fraction of sp³-hybridized carbons (Fsp3) is 0.263. The van der Waals surface area contributed by atoms with Crippen LogP contribution >= 0.6 is 0 Å². The van der Waals surface area contributed by atoms with Crippen LogP contribution in [0.5, 0.6) is 11.5 Å². The monoisotopic (exact) mass is 324 g/mol. The minimum absolute atomic E-state index is 0.0646. The largest absolute Gasteiger partial charge is 0.457 e. The Hall–Kier alpha value is -2.82. The second-order valence-corrected chi connectivity index (χ2v) is 5.87. The van der Waals surface area contributed by atoms with E-state index in [0.717, 1.165) is 17.1 Å². The van der Waals surface area contributed by atoms with Crippen LogP contribution in [0.4, 0.5) is 0 Å². The summed E-state index contributed by atoms with van der Waals surface area (Å²) in [6.07, 6.45) is 0.971. The maximum absolute atomic E-state index is 12.1. The molecule has 3 rings (SSSR count). The van der Waals surface area contributed by atoms with E-state index in [1.165, 1.54) is 0 Å². The van der Waals surface area contributed by atoms with E-state index >= 15 is 0 Å². The number of hydrogen-bond donors (Lipinski definition) is 2. The van der Waals surface area contributed by atoms with Gasteiger partial charge < -0.3 is 15.4 Å². The highest BCUT2D eigenvalue weighted by atomic mass is 16.5. The van der Waals surface area contributed by atoms with Gasteiger partial charge in [-0.2, -0.15) is 0 Å². The number of benzene rings is 2. The van der Waals surface area contributed by atoms with Crippen molar-refractivity contribution in [2.75, 3.05) is 0 Å². The Kier molecular flexibility index (Phi) is 4.79. The third kappa shape index (κ3) is 3.93. The van der Waals surface area contributed by atoms with Gasteiger partial charge in [-0.15, -0.1) is 0 Å². The molecule has 2 aromatic carbocycles. The zero-order valence-corrected chi connectivity index (χ0v) is 13.5. The summed E-state index contributed by atoms with van der Waals surface area (Å²) in [5.74, 6) is 1.32. The summed E-state index contributed by atoms with van der Waals surface area (Å²) in [6, 6.07) is 16.6. The summed E-state index contributed by atoms with van der Waals surface area (Å²) in [7, 11) is 0. The molecule has 0 bridgehead atoms. The molecule has 2 unspecified atom stereocenters. The van der Waals surface area contributed by atoms with Crippen molar-refractivity contribution in [2.24, 2.45) is 0 Å². The molecule has 0 saturated carbocycles. The molecule has 1 aliphatic rings. The lowest BCUT2D eigenvalue weighted by Gasteiger charge is -2.18. The van der Waals surface area contributed by atoms with Crippen LogP contribution < -0.4 is 15.4 Å². The summed E-state index contributed by atoms with van der Waals surface area (Å²) >= 11 is 0. The molecule has 5 nitrogen and oxygen atoms in total. The molecule has 1 aliphatic heterocycles. The third-order valence-electron chi connectivity index (χ3n) is 4.03. The summed E-state index contributed by atoms with van der Waals surface area (Å²) in [5, 5.41) is 5.61. The van der Waals surface area contributed by atoms with Crippen LogP contribution in [-0.2, 0) is 9.59 Å². The van der Waals surface area contributed by atoms with Crippen LogP contribution in [0.25, 0.3) is 0 Å². The topological polar surface area (TPSA) is 67.4 Å². The zero-order valence-electron chi connectivity index (χ0n) is 13.5. The van der Waals surface area contributed by atoms with Crippen molar-refractivity contribution < 1.29 is 14.3 Å². The number of ether oxygens (including phenoxy) is 1. The molecule has 124 valence electrons. The fourth-order valence-corrected chi connectivity index (χ4v) is 2.66. The van der Waals surface area contributed by atoms with Crippen LogP contribution in [0.3, 0.4) is 0 Å². The minimum Gasteiger partial charge on any atom is -0.457 e. The first kappa shape index (κ1) is 16.1. The normalized spacial score (nSPS) is 17.9. The van der Waals surface area contributed by atoms with Crippen molar-refractivity contribution >= 4 is 11.8 Å². The first-order chi connectivity index (χ1) is 11.6. The fourth-order valence-electron chi connectivity index (χ4n) is 2.66. The highest BCUT2D eigenvalue weighted by molar-refractivity contribution is 5.90. The van der Waals surface area contributed by atoms with E-state index in [2.05, 4.69) is 10.6 Å². The molecule has 2 amide bonds. The number of nitrogens with one attached hydrogen (secondary N) is 2. The van der Waals surface area contributed by atoms with Gasteiger partial charge in [0.25, 0.3) is 0 Å². The van der Waals surface area contributed by atoms with Crippen molar-refractivity contribution in [2.45, 2.75) is 31.8 Å². The van der Waals surface area contributed by atoms with Crippen LogP contribution in [0, 0.1) is 0 Å². The molecule has 2 N–H and O–H groups in total. The lowest BCUT2D eigenvalue weighted by atomic mass is 10.1. The second kappa shape index (κ2) is 7.17. The van der Waals surface area contributed by atoms with Crippen LogP contribution in [0.1, 0.15) is 31.4 Å². The van der Waals surface area contributed by atoms with Crippen molar-refractivity contribution in [1.82, 2.24) is 10.6 Å². The van der Waals surface area contributed by atoms with Crippen molar-refractivity contribution in [1.29, 1.82) is 0 Å². The number of amides is 2. The van der Waals surface area contributed by atoms with Crippen LogP contribution in [-0.4, -0.2) is 17.9 Å².